The molecule has 0 aliphatic carbocycles. The summed E-state index contributed by atoms with van der Waals surface area (Å²) in [5, 5.41) is 13.8. The smallest absolute Gasteiger partial charge is 0.430 e. The lowest BCUT2D eigenvalue weighted by Gasteiger charge is -2.02. The third kappa shape index (κ3) is 2.16. The van der Waals surface area contributed by atoms with Crippen molar-refractivity contribution in [3.05, 3.63) is 24.2 Å². The molecule has 2 heterocycles. The van der Waals surface area contributed by atoms with Crippen LogP contribution in [-0.2, 0) is 4.74 Å². The highest BCUT2D eigenvalue weighted by Gasteiger charge is 2.30. The van der Waals surface area contributed by atoms with Gasteiger partial charge in [0.05, 0.1) is 25.6 Å². The number of carbonyl (C=O) groups is 1. The Morgan fingerprint density at radius 2 is 2.60 bits per heavy atom. The molecule has 1 aliphatic rings. The van der Waals surface area contributed by atoms with Gasteiger partial charge in [0.25, 0.3) is 0 Å². The quantitative estimate of drug-likeness (QED) is 0.734. The van der Waals surface area contributed by atoms with Crippen LogP contribution in [0.25, 0.3) is 0 Å². The molecule has 1 aliphatic heterocycles. The zero-order valence-corrected chi connectivity index (χ0v) is 7.87. The van der Waals surface area contributed by atoms with Crippen LogP contribution in [0.15, 0.2) is 27.9 Å². The number of furan rings is 1. The van der Waals surface area contributed by atoms with Crippen LogP contribution in [0.2, 0.25) is 0 Å². The van der Waals surface area contributed by atoms with Crippen LogP contribution in [0, 0.1) is 0 Å². The van der Waals surface area contributed by atoms with E-state index in [2.05, 4.69) is 5.10 Å². The minimum absolute atomic E-state index is 0.196. The van der Waals surface area contributed by atoms with Crippen molar-refractivity contribution < 1.29 is 19.1 Å². The van der Waals surface area contributed by atoms with Crippen LogP contribution in [0.1, 0.15) is 5.76 Å². The van der Waals surface area contributed by atoms with Gasteiger partial charge in [-0.2, -0.15) is 10.1 Å². The van der Waals surface area contributed by atoms with Crippen molar-refractivity contribution in [1.82, 2.24) is 5.01 Å². The second kappa shape index (κ2) is 4.14. The number of nitrogens with zero attached hydrogens (tertiary/aromatic N) is 2. The van der Waals surface area contributed by atoms with Crippen molar-refractivity contribution in [2.45, 2.75) is 6.10 Å². The van der Waals surface area contributed by atoms with E-state index < -0.39 is 12.2 Å². The van der Waals surface area contributed by atoms with E-state index in [-0.39, 0.29) is 13.2 Å². The predicted octanol–water partition coefficient (Wildman–Crippen LogP) is 0.427. The standard InChI is InChI=1S/C9H10N2O4/c12-6-8-5-11(9(13)15-8)10-4-7-2-1-3-14-7/h1-4,8,12H,5-6H2. The predicted molar refractivity (Wildman–Crippen MR) is 50.4 cm³/mol. The molecule has 1 N–H and O–H groups in total. The fourth-order valence-electron chi connectivity index (χ4n) is 1.19. The Kier molecular flexibility index (Phi) is 2.68. The summed E-state index contributed by atoms with van der Waals surface area (Å²) >= 11 is 0. The first kappa shape index (κ1) is 9.72. The second-order valence-electron chi connectivity index (χ2n) is 3.03. The highest BCUT2D eigenvalue weighted by molar-refractivity contribution is 5.78. The Hall–Kier alpha value is -1.82. The Bertz CT molecular complexity index is 360. The molecule has 1 amide bonds. The molecule has 1 aromatic heterocycles. The molecule has 6 nitrogen and oxygen atoms in total. The van der Waals surface area contributed by atoms with E-state index >= 15 is 0 Å². The normalized spacial score (nSPS) is 21.3. The lowest BCUT2D eigenvalue weighted by atomic mass is 10.4. The fraction of sp³-hybridized carbons (Fsp3) is 0.333. The van der Waals surface area contributed by atoms with Gasteiger partial charge in [-0.1, -0.05) is 0 Å². The third-order valence-corrected chi connectivity index (χ3v) is 1.93. The topological polar surface area (TPSA) is 75.3 Å². The van der Waals surface area contributed by atoms with E-state index in [1.54, 1.807) is 12.1 Å². The second-order valence-corrected chi connectivity index (χ2v) is 3.03. The lowest BCUT2D eigenvalue weighted by Crippen LogP contribution is -2.20. The van der Waals surface area contributed by atoms with E-state index in [1.165, 1.54) is 12.5 Å². The molecule has 0 spiro atoms. The first-order valence-electron chi connectivity index (χ1n) is 4.46. The largest absolute Gasteiger partial charge is 0.463 e. The molecular formula is C9H10N2O4. The maximum atomic E-state index is 11.2. The number of aliphatic hydroxyl groups is 1. The van der Waals surface area contributed by atoms with Crippen LogP contribution >= 0.6 is 0 Å². The van der Waals surface area contributed by atoms with Gasteiger partial charge in [-0.15, -0.1) is 0 Å². The summed E-state index contributed by atoms with van der Waals surface area (Å²) in [4.78, 5) is 11.2. The summed E-state index contributed by atoms with van der Waals surface area (Å²) in [5.41, 5.74) is 0. The van der Waals surface area contributed by atoms with Crippen molar-refractivity contribution >= 4 is 12.3 Å². The highest BCUT2D eigenvalue weighted by atomic mass is 16.6. The van der Waals surface area contributed by atoms with E-state index in [0.29, 0.717) is 5.76 Å². The molecule has 1 atom stereocenters. The van der Waals surface area contributed by atoms with Gasteiger partial charge in [-0.05, 0) is 12.1 Å². The van der Waals surface area contributed by atoms with E-state index in [1.807, 2.05) is 0 Å². The Morgan fingerprint density at radius 1 is 1.73 bits per heavy atom. The molecule has 0 saturated carbocycles. The van der Waals surface area contributed by atoms with Crippen molar-refractivity contribution in [3.8, 4) is 0 Å². The van der Waals surface area contributed by atoms with Gasteiger partial charge in [-0.3, -0.25) is 0 Å². The fourth-order valence-corrected chi connectivity index (χ4v) is 1.19. The first-order valence-corrected chi connectivity index (χ1v) is 4.46. The molecule has 80 valence electrons. The maximum absolute atomic E-state index is 11.2. The average molecular weight is 210 g/mol. The monoisotopic (exact) mass is 210 g/mol. The van der Waals surface area contributed by atoms with Crippen molar-refractivity contribution in [2.24, 2.45) is 5.10 Å². The van der Waals surface area contributed by atoms with Crippen molar-refractivity contribution in [2.75, 3.05) is 13.2 Å². The molecule has 1 saturated heterocycles. The molecule has 15 heavy (non-hydrogen) atoms. The van der Waals surface area contributed by atoms with Crippen LogP contribution in [-0.4, -0.2) is 41.7 Å². The van der Waals surface area contributed by atoms with Gasteiger partial charge in [0.2, 0.25) is 0 Å². The Morgan fingerprint density at radius 3 is 3.20 bits per heavy atom. The molecular weight excluding hydrogens is 200 g/mol. The molecule has 6 heteroatoms. The summed E-state index contributed by atoms with van der Waals surface area (Å²) < 4.78 is 9.79. The summed E-state index contributed by atoms with van der Waals surface area (Å²) in [7, 11) is 0. The van der Waals surface area contributed by atoms with Gasteiger partial charge in [-0.25, -0.2) is 4.79 Å². The molecule has 1 fully saturated rings. The number of aliphatic hydroxyl groups excluding tert-OH is 1. The van der Waals surface area contributed by atoms with Gasteiger partial charge in [0, 0.05) is 0 Å². The summed E-state index contributed by atoms with van der Waals surface area (Å²) in [6.07, 6.45) is 1.88. The van der Waals surface area contributed by atoms with Gasteiger partial charge < -0.3 is 14.3 Å². The summed E-state index contributed by atoms with van der Waals surface area (Å²) in [5.74, 6) is 0.551. The lowest BCUT2D eigenvalue weighted by molar-refractivity contribution is 0.0948. The van der Waals surface area contributed by atoms with Gasteiger partial charge in [0.1, 0.15) is 11.9 Å². The van der Waals surface area contributed by atoms with Crippen LogP contribution in [0.5, 0.6) is 0 Å². The number of cyclic esters (lactones) is 1. The molecule has 1 unspecified atom stereocenters. The third-order valence-electron chi connectivity index (χ3n) is 1.93. The molecule has 1 aromatic rings. The zero-order chi connectivity index (χ0) is 10.7. The first-order chi connectivity index (χ1) is 7.29. The number of amides is 1. The Labute approximate surface area is 85.7 Å². The number of carbonyl (C=O) groups excluding carboxylic acids is 1. The van der Waals surface area contributed by atoms with Crippen LogP contribution < -0.4 is 0 Å². The average Bonchev–Trinajstić information content (AvgIpc) is 2.84. The minimum atomic E-state index is -0.558. The summed E-state index contributed by atoms with van der Waals surface area (Å²) in [6.45, 7) is 0.0606. The zero-order valence-electron chi connectivity index (χ0n) is 7.87. The number of ether oxygens (including phenoxy) is 1. The molecule has 0 radical (unpaired) electrons. The molecule has 0 bridgehead atoms. The minimum Gasteiger partial charge on any atom is -0.463 e. The molecule has 0 aromatic carbocycles. The van der Waals surface area contributed by atoms with Crippen molar-refractivity contribution in [3.63, 3.8) is 0 Å². The maximum Gasteiger partial charge on any atom is 0.430 e. The number of hydrogen-bond acceptors (Lipinski definition) is 5. The number of rotatable bonds is 3. The highest BCUT2D eigenvalue weighted by Crippen LogP contribution is 2.10. The van der Waals surface area contributed by atoms with Gasteiger partial charge >= 0.3 is 6.09 Å². The Balaban J connectivity index is 1.98. The van der Waals surface area contributed by atoms with Crippen LogP contribution in [0.3, 0.4) is 0 Å². The SMILES string of the molecule is O=C1OC(CO)CN1N=Cc1ccco1. The van der Waals surface area contributed by atoms with Crippen molar-refractivity contribution in [1.29, 1.82) is 0 Å². The van der Waals surface area contributed by atoms with Gasteiger partial charge in [0.15, 0.2) is 0 Å². The number of hydrazone groups is 1. The summed E-state index contributed by atoms with van der Waals surface area (Å²) in [6, 6.07) is 3.44. The van der Waals surface area contributed by atoms with E-state index in [0.717, 1.165) is 5.01 Å². The van der Waals surface area contributed by atoms with Crippen LogP contribution in [0.4, 0.5) is 4.79 Å². The number of hydrogen-bond donors (Lipinski definition) is 1. The molecule has 2 rings (SSSR count). The van der Waals surface area contributed by atoms with E-state index in [9.17, 15) is 4.79 Å². The van der Waals surface area contributed by atoms with E-state index in [4.69, 9.17) is 14.3 Å².